The smallest absolute Gasteiger partial charge is 0.143 e. The molecule has 0 aliphatic carbocycles. The molecule has 1 rings (SSSR count). The number of nitrogen functional groups attached to an aromatic ring is 1. The molecule has 0 spiro atoms. The van der Waals surface area contributed by atoms with Gasteiger partial charge in [0.1, 0.15) is 5.75 Å². The van der Waals surface area contributed by atoms with Gasteiger partial charge in [-0.15, -0.1) is 5.92 Å². The monoisotopic (exact) mass is 161 g/mol. The van der Waals surface area contributed by atoms with Gasteiger partial charge in [-0.3, -0.25) is 0 Å². The van der Waals surface area contributed by atoms with Gasteiger partial charge in [0.05, 0.1) is 18.4 Å². The first-order valence-corrected chi connectivity index (χ1v) is 3.65. The minimum Gasteiger partial charge on any atom is -0.495 e. The van der Waals surface area contributed by atoms with Gasteiger partial charge in [0.15, 0.2) is 0 Å². The van der Waals surface area contributed by atoms with Crippen molar-refractivity contribution >= 4 is 5.69 Å². The molecule has 0 unspecified atom stereocenters. The Kier molecular flexibility index (Phi) is 2.60. The predicted octanol–water partition coefficient (Wildman–Crippen LogP) is 1.65. The molecule has 0 bridgehead atoms. The maximum Gasteiger partial charge on any atom is 0.143 e. The van der Waals surface area contributed by atoms with Crippen molar-refractivity contribution in [3.63, 3.8) is 0 Å². The van der Waals surface area contributed by atoms with Crippen LogP contribution in [0.25, 0.3) is 0 Å². The molecule has 0 aromatic heterocycles. The molecule has 0 heterocycles. The van der Waals surface area contributed by atoms with Gasteiger partial charge in [0.2, 0.25) is 0 Å². The van der Waals surface area contributed by atoms with Crippen LogP contribution in [0.3, 0.4) is 0 Å². The molecule has 0 saturated heterocycles. The number of anilines is 1. The summed E-state index contributed by atoms with van der Waals surface area (Å²) in [5.74, 6) is 6.36. The molecule has 0 saturated carbocycles. The van der Waals surface area contributed by atoms with Crippen LogP contribution in [0.2, 0.25) is 0 Å². The SMILES string of the molecule is CC#Cc1cccc(OC)c1N. The van der Waals surface area contributed by atoms with Crippen LogP contribution in [0.4, 0.5) is 5.69 Å². The van der Waals surface area contributed by atoms with Crippen molar-refractivity contribution in [2.45, 2.75) is 6.92 Å². The van der Waals surface area contributed by atoms with E-state index in [4.69, 9.17) is 10.5 Å². The Morgan fingerprint density at radius 2 is 2.17 bits per heavy atom. The Morgan fingerprint density at radius 1 is 1.42 bits per heavy atom. The van der Waals surface area contributed by atoms with E-state index in [0.29, 0.717) is 11.4 Å². The van der Waals surface area contributed by atoms with Crippen LogP contribution in [-0.4, -0.2) is 7.11 Å². The summed E-state index contributed by atoms with van der Waals surface area (Å²) in [6.45, 7) is 1.78. The lowest BCUT2D eigenvalue weighted by molar-refractivity contribution is 0.417. The largest absolute Gasteiger partial charge is 0.495 e. The zero-order valence-corrected chi connectivity index (χ0v) is 7.22. The van der Waals surface area contributed by atoms with E-state index in [1.54, 1.807) is 14.0 Å². The van der Waals surface area contributed by atoms with Crippen molar-refractivity contribution < 1.29 is 4.74 Å². The van der Waals surface area contributed by atoms with Crippen LogP contribution in [0.1, 0.15) is 12.5 Å². The number of methoxy groups -OCH3 is 1. The topological polar surface area (TPSA) is 35.2 Å². The van der Waals surface area contributed by atoms with Gasteiger partial charge in [-0.05, 0) is 19.1 Å². The van der Waals surface area contributed by atoms with Crippen LogP contribution < -0.4 is 10.5 Å². The normalized spacial score (nSPS) is 8.50. The van der Waals surface area contributed by atoms with Crippen molar-refractivity contribution in [1.82, 2.24) is 0 Å². The highest BCUT2D eigenvalue weighted by atomic mass is 16.5. The molecule has 2 heteroatoms. The van der Waals surface area contributed by atoms with Gasteiger partial charge in [-0.1, -0.05) is 12.0 Å². The number of para-hydroxylation sites is 1. The maximum atomic E-state index is 5.75. The second-order valence-corrected chi connectivity index (χ2v) is 2.30. The van der Waals surface area contributed by atoms with Gasteiger partial charge in [-0.2, -0.15) is 0 Å². The number of rotatable bonds is 1. The van der Waals surface area contributed by atoms with Crippen molar-refractivity contribution in [1.29, 1.82) is 0 Å². The zero-order chi connectivity index (χ0) is 8.97. The van der Waals surface area contributed by atoms with E-state index >= 15 is 0 Å². The quantitative estimate of drug-likeness (QED) is 0.502. The summed E-state index contributed by atoms with van der Waals surface area (Å²) in [4.78, 5) is 0. The molecule has 0 aliphatic rings. The average molecular weight is 161 g/mol. The first-order chi connectivity index (χ1) is 5.79. The maximum absolute atomic E-state index is 5.75. The fraction of sp³-hybridized carbons (Fsp3) is 0.200. The van der Waals surface area contributed by atoms with Crippen LogP contribution in [0.15, 0.2) is 18.2 Å². The standard InChI is InChI=1S/C10H11NO/c1-3-5-8-6-4-7-9(12-2)10(8)11/h4,6-7H,11H2,1-2H3. The van der Waals surface area contributed by atoms with Crippen LogP contribution in [0, 0.1) is 11.8 Å². The van der Waals surface area contributed by atoms with Gasteiger partial charge in [-0.25, -0.2) is 0 Å². The summed E-state index contributed by atoms with van der Waals surface area (Å²) < 4.78 is 5.04. The molecule has 0 aliphatic heterocycles. The summed E-state index contributed by atoms with van der Waals surface area (Å²) >= 11 is 0. The predicted molar refractivity (Wildman–Crippen MR) is 50.0 cm³/mol. The van der Waals surface area contributed by atoms with E-state index in [9.17, 15) is 0 Å². The van der Waals surface area contributed by atoms with Crippen molar-refractivity contribution in [3.8, 4) is 17.6 Å². The summed E-state index contributed by atoms with van der Waals surface area (Å²) in [5, 5.41) is 0. The second kappa shape index (κ2) is 3.68. The lowest BCUT2D eigenvalue weighted by Gasteiger charge is -2.04. The third-order valence-corrected chi connectivity index (χ3v) is 1.55. The first kappa shape index (κ1) is 8.48. The van der Waals surface area contributed by atoms with E-state index in [-0.39, 0.29) is 0 Å². The van der Waals surface area contributed by atoms with Gasteiger partial charge in [0.25, 0.3) is 0 Å². The van der Waals surface area contributed by atoms with Crippen molar-refractivity contribution in [2.75, 3.05) is 12.8 Å². The number of hydrogen-bond acceptors (Lipinski definition) is 2. The molecule has 0 radical (unpaired) electrons. The van der Waals surface area contributed by atoms with Gasteiger partial charge >= 0.3 is 0 Å². The van der Waals surface area contributed by atoms with E-state index in [2.05, 4.69) is 11.8 Å². The first-order valence-electron chi connectivity index (χ1n) is 3.65. The molecule has 1 aromatic carbocycles. The Hall–Kier alpha value is -1.62. The van der Waals surface area contributed by atoms with Crippen LogP contribution in [0.5, 0.6) is 5.75 Å². The molecule has 1 aromatic rings. The van der Waals surface area contributed by atoms with Crippen molar-refractivity contribution in [2.24, 2.45) is 0 Å². The third-order valence-electron chi connectivity index (χ3n) is 1.55. The summed E-state index contributed by atoms with van der Waals surface area (Å²) in [6.07, 6.45) is 0. The lowest BCUT2D eigenvalue weighted by Crippen LogP contribution is -1.94. The average Bonchev–Trinajstić information content (AvgIpc) is 2.09. The second-order valence-electron chi connectivity index (χ2n) is 2.30. The van der Waals surface area contributed by atoms with Gasteiger partial charge < -0.3 is 10.5 Å². The Bertz CT molecular complexity index is 333. The van der Waals surface area contributed by atoms with E-state index in [1.807, 2.05) is 18.2 Å². The molecule has 0 fully saturated rings. The molecule has 0 amide bonds. The fourth-order valence-electron chi connectivity index (χ4n) is 0.966. The Morgan fingerprint density at radius 3 is 2.75 bits per heavy atom. The summed E-state index contributed by atoms with van der Waals surface area (Å²) in [5.41, 5.74) is 7.17. The minimum atomic E-state index is 0.606. The number of ether oxygens (including phenoxy) is 1. The fourth-order valence-corrected chi connectivity index (χ4v) is 0.966. The molecule has 2 nitrogen and oxygen atoms in total. The molecule has 12 heavy (non-hydrogen) atoms. The Balaban J connectivity index is 3.19. The molecule has 2 N–H and O–H groups in total. The molecule has 62 valence electrons. The molecular formula is C10H11NO. The highest BCUT2D eigenvalue weighted by Crippen LogP contribution is 2.23. The minimum absolute atomic E-state index is 0.606. The lowest BCUT2D eigenvalue weighted by atomic mass is 10.2. The zero-order valence-electron chi connectivity index (χ0n) is 7.22. The molecule has 0 atom stereocenters. The summed E-state index contributed by atoms with van der Waals surface area (Å²) in [6, 6.07) is 5.55. The third kappa shape index (κ3) is 1.51. The highest BCUT2D eigenvalue weighted by Gasteiger charge is 2.00. The van der Waals surface area contributed by atoms with Crippen LogP contribution in [-0.2, 0) is 0 Å². The van der Waals surface area contributed by atoms with Gasteiger partial charge in [0, 0.05) is 0 Å². The highest BCUT2D eigenvalue weighted by molar-refractivity contribution is 5.64. The van der Waals surface area contributed by atoms with E-state index in [0.717, 1.165) is 5.56 Å². The van der Waals surface area contributed by atoms with Crippen LogP contribution >= 0.6 is 0 Å². The van der Waals surface area contributed by atoms with E-state index < -0.39 is 0 Å². The summed E-state index contributed by atoms with van der Waals surface area (Å²) in [7, 11) is 1.59. The Labute approximate surface area is 72.3 Å². The number of nitrogens with two attached hydrogens (primary N) is 1. The molecular weight excluding hydrogens is 150 g/mol. The number of hydrogen-bond donors (Lipinski definition) is 1. The van der Waals surface area contributed by atoms with E-state index in [1.165, 1.54) is 0 Å². The van der Waals surface area contributed by atoms with Crippen molar-refractivity contribution in [3.05, 3.63) is 23.8 Å². The number of benzene rings is 1.